The number of phenols is 1. The monoisotopic (exact) mass is 827 g/mol. The number of aryl methyl sites for hydroxylation is 1. The van der Waals surface area contributed by atoms with Crippen molar-refractivity contribution >= 4 is 90.5 Å². The highest BCUT2D eigenvalue weighted by Gasteiger charge is 2.28. The maximum absolute atomic E-state index is 12.5. The van der Waals surface area contributed by atoms with E-state index in [2.05, 4.69) is 20.5 Å². The normalized spacial score (nSPS) is 13.0. The summed E-state index contributed by atoms with van der Waals surface area (Å²) in [4.78, 5) is -3.61. The van der Waals surface area contributed by atoms with Gasteiger partial charge in [-0.15, -0.1) is 15.3 Å². The van der Waals surface area contributed by atoms with Gasteiger partial charge in [0.05, 0.1) is 32.2 Å². The Labute approximate surface area is 312 Å². The number of fused-ring (bicyclic) bond motifs is 2. The number of nitrogen functional groups attached to an aromatic ring is 1. The number of phenolic OH excluding ortho intramolecular Hbond substituents is 1. The quantitative estimate of drug-likeness (QED) is 0.0482. The lowest BCUT2D eigenvalue weighted by Crippen LogP contribution is -2.03. The SMILES string of the molecule is Cc1ccc(-c2ccc(/N=N/c3c(S(=O)(=O)O)cc4cc(S(=O)(=O)O)c(/N=N/c5cc(S(=O)(=O)O)cc6cc(S(=O)(=O)O)ccc56)c(O)c4c3N)cc2)cc1. The van der Waals surface area contributed by atoms with E-state index in [0.717, 1.165) is 47.0 Å². The number of benzene rings is 6. The molecule has 0 unspecified atom stereocenters. The van der Waals surface area contributed by atoms with Crippen molar-refractivity contribution in [3.8, 4) is 16.9 Å². The summed E-state index contributed by atoms with van der Waals surface area (Å²) in [5.74, 6) is -1.11. The van der Waals surface area contributed by atoms with Crippen molar-refractivity contribution in [2.24, 2.45) is 20.5 Å². The maximum atomic E-state index is 12.5. The molecule has 284 valence electrons. The third kappa shape index (κ3) is 8.06. The van der Waals surface area contributed by atoms with E-state index in [-0.39, 0.29) is 16.5 Å². The smallest absolute Gasteiger partial charge is 0.296 e. The molecule has 0 radical (unpaired) electrons. The van der Waals surface area contributed by atoms with Crippen molar-refractivity contribution in [2.45, 2.75) is 26.5 Å². The number of hydrogen-bond donors (Lipinski definition) is 6. The molecule has 6 aromatic carbocycles. The molecule has 0 saturated heterocycles. The molecule has 7 N–H and O–H groups in total. The molecule has 18 nitrogen and oxygen atoms in total. The Morgan fingerprint density at radius 2 is 1.04 bits per heavy atom. The Morgan fingerprint density at radius 3 is 1.58 bits per heavy atom. The van der Waals surface area contributed by atoms with Crippen molar-refractivity contribution in [3.05, 3.63) is 96.6 Å². The molecule has 0 heterocycles. The molecule has 0 atom stereocenters. The molecule has 0 amide bonds. The summed E-state index contributed by atoms with van der Waals surface area (Å²) in [6.07, 6.45) is 0. The first-order valence-corrected chi connectivity index (χ1v) is 20.9. The van der Waals surface area contributed by atoms with Gasteiger partial charge in [0.2, 0.25) is 0 Å². The topological polar surface area (TPSA) is 313 Å². The minimum absolute atomic E-state index is 0.0517. The predicted molar refractivity (Wildman–Crippen MR) is 198 cm³/mol. The van der Waals surface area contributed by atoms with Gasteiger partial charge >= 0.3 is 0 Å². The van der Waals surface area contributed by atoms with Crippen molar-refractivity contribution in [1.29, 1.82) is 0 Å². The fourth-order valence-electron chi connectivity index (χ4n) is 5.48. The molecule has 0 fully saturated rings. The maximum Gasteiger partial charge on any atom is 0.296 e. The second-order valence-electron chi connectivity index (χ2n) is 11.8. The summed E-state index contributed by atoms with van der Waals surface area (Å²) in [6.45, 7) is 1.94. The lowest BCUT2D eigenvalue weighted by atomic mass is 10.0. The van der Waals surface area contributed by atoms with Crippen molar-refractivity contribution in [1.82, 2.24) is 0 Å². The zero-order valence-corrected chi connectivity index (χ0v) is 30.9. The van der Waals surface area contributed by atoms with Gasteiger partial charge in [0.25, 0.3) is 40.5 Å². The van der Waals surface area contributed by atoms with E-state index >= 15 is 0 Å². The Bertz CT molecular complexity index is 3090. The van der Waals surface area contributed by atoms with Gasteiger partial charge in [-0.3, -0.25) is 18.2 Å². The first-order chi connectivity index (χ1) is 25.5. The van der Waals surface area contributed by atoms with E-state index < -0.39 is 99.3 Å². The molecule has 0 bridgehead atoms. The zero-order chi connectivity index (χ0) is 40.2. The number of rotatable bonds is 9. The fraction of sp³-hybridized carbons (Fsp3) is 0.0303. The highest BCUT2D eigenvalue weighted by atomic mass is 32.2. The van der Waals surface area contributed by atoms with Gasteiger partial charge in [0.1, 0.15) is 21.2 Å². The van der Waals surface area contributed by atoms with Gasteiger partial charge in [-0.05, 0) is 77.4 Å². The first kappa shape index (κ1) is 39.0. The molecule has 0 spiro atoms. The van der Waals surface area contributed by atoms with E-state index in [4.69, 9.17) is 5.73 Å². The third-order valence-corrected chi connectivity index (χ3v) is 11.5. The van der Waals surface area contributed by atoms with Crippen LogP contribution in [0.2, 0.25) is 0 Å². The van der Waals surface area contributed by atoms with Crippen LogP contribution >= 0.6 is 0 Å². The third-order valence-electron chi connectivity index (χ3n) is 8.12. The molecule has 0 aliphatic heterocycles. The zero-order valence-electron chi connectivity index (χ0n) is 27.7. The average molecular weight is 828 g/mol. The van der Waals surface area contributed by atoms with Crippen LogP contribution in [0.3, 0.4) is 0 Å². The molecule has 0 aliphatic rings. The van der Waals surface area contributed by atoms with Gasteiger partial charge in [-0.2, -0.15) is 38.8 Å². The Balaban J connectivity index is 1.54. The number of azo groups is 2. The molecule has 0 aliphatic carbocycles. The van der Waals surface area contributed by atoms with Gasteiger partial charge in [0, 0.05) is 5.39 Å². The molecule has 22 heteroatoms. The fourth-order valence-corrected chi connectivity index (χ4v) is 7.86. The lowest BCUT2D eigenvalue weighted by Gasteiger charge is -2.14. The summed E-state index contributed by atoms with van der Waals surface area (Å²) >= 11 is 0. The van der Waals surface area contributed by atoms with E-state index in [1.54, 1.807) is 24.3 Å². The summed E-state index contributed by atoms with van der Waals surface area (Å²) < 4.78 is 137. The summed E-state index contributed by atoms with van der Waals surface area (Å²) in [6, 6.07) is 20.0. The van der Waals surface area contributed by atoms with E-state index in [1.165, 1.54) is 0 Å². The molecular weight excluding hydrogens is 803 g/mol. The minimum Gasteiger partial charge on any atom is -0.505 e. The summed E-state index contributed by atoms with van der Waals surface area (Å²) in [7, 11) is -20.3. The van der Waals surface area contributed by atoms with Crippen LogP contribution in [0.25, 0.3) is 32.7 Å². The largest absolute Gasteiger partial charge is 0.505 e. The van der Waals surface area contributed by atoms with Crippen LogP contribution in [0, 0.1) is 6.92 Å². The van der Waals surface area contributed by atoms with Crippen LogP contribution in [-0.4, -0.2) is 57.0 Å². The van der Waals surface area contributed by atoms with Crippen LogP contribution in [0.4, 0.5) is 28.4 Å². The van der Waals surface area contributed by atoms with Crippen LogP contribution in [0.5, 0.6) is 5.75 Å². The van der Waals surface area contributed by atoms with Crippen LogP contribution in [0.15, 0.2) is 131 Å². The van der Waals surface area contributed by atoms with Crippen molar-refractivity contribution in [2.75, 3.05) is 5.73 Å². The van der Waals surface area contributed by atoms with Crippen LogP contribution in [-0.2, 0) is 40.5 Å². The molecule has 0 saturated carbocycles. The summed E-state index contributed by atoms with van der Waals surface area (Å²) in [5.41, 5.74) is 6.48. The van der Waals surface area contributed by atoms with Crippen molar-refractivity contribution < 1.29 is 57.0 Å². The first-order valence-electron chi connectivity index (χ1n) is 15.1. The van der Waals surface area contributed by atoms with Gasteiger partial charge in [-0.1, -0.05) is 48.0 Å². The molecule has 55 heavy (non-hydrogen) atoms. The Kier molecular flexibility index (Phi) is 9.82. The Morgan fingerprint density at radius 1 is 0.527 bits per heavy atom. The Hall–Kier alpha value is -5.72. The molecule has 0 aromatic heterocycles. The highest BCUT2D eigenvalue weighted by molar-refractivity contribution is 7.86. The summed E-state index contributed by atoms with van der Waals surface area (Å²) in [5, 5.41) is 25.7. The predicted octanol–water partition coefficient (Wildman–Crippen LogP) is 7.07. The van der Waals surface area contributed by atoms with Crippen LogP contribution in [0.1, 0.15) is 5.56 Å². The highest BCUT2D eigenvalue weighted by Crippen LogP contribution is 2.48. The molecule has 6 aromatic rings. The van der Waals surface area contributed by atoms with Crippen molar-refractivity contribution in [3.63, 3.8) is 0 Å². The van der Waals surface area contributed by atoms with Gasteiger partial charge < -0.3 is 10.8 Å². The second-order valence-corrected chi connectivity index (χ2v) is 17.5. The average Bonchev–Trinajstić information content (AvgIpc) is 3.09. The number of nitrogens with zero attached hydrogens (tertiary/aromatic N) is 4. The molecular formula is C33H25N5O13S4. The standard InChI is InChI=1S/C33H25N5O13S4/c1-17-2-4-18(5-3-17)19-6-8-22(9-7-19)35-37-31-27(54(46,47)48)14-21-15-28(55(49,50)51)32(33(39)29(21)30(31)34)38-36-26-16-24(53(43,44)45)13-20-12-23(52(40,41)42)10-11-25(20)26/h2-16,39H,34H2,1H3,(H,40,41,42)(H,43,44,45)(H,46,47,48)(H,49,50,51)/b37-35+,38-36+. The number of aromatic hydroxyl groups is 1. The minimum atomic E-state index is -5.33. The van der Waals surface area contributed by atoms with Crippen LogP contribution < -0.4 is 5.73 Å². The lowest BCUT2D eigenvalue weighted by molar-refractivity contribution is 0.472. The number of nitrogens with two attached hydrogens (primary N) is 1. The number of hydrogen-bond acceptors (Lipinski definition) is 14. The van der Waals surface area contributed by atoms with Gasteiger partial charge in [0.15, 0.2) is 5.75 Å². The van der Waals surface area contributed by atoms with Gasteiger partial charge in [-0.25, -0.2) is 0 Å². The van der Waals surface area contributed by atoms with E-state index in [9.17, 15) is 57.0 Å². The molecule has 6 rings (SSSR count). The second kappa shape index (κ2) is 13.8. The van der Waals surface area contributed by atoms with E-state index in [0.29, 0.717) is 12.1 Å². The van der Waals surface area contributed by atoms with E-state index in [1.807, 2.05) is 31.2 Å². The number of anilines is 1.